The molecule has 0 bridgehead atoms. The number of benzene rings is 1. The molecule has 1 aromatic carbocycles. The van der Waals surface area contributed by atoms with E-state index in [0.717, 1.165) is 18.5 Å². The molecule has 3 unspecified atom stereocenters. The first-order valence-electron chi connectivity index (χ1n) is 8.37. The number of β-amino-alcohol motifs (C(OH)–C–C–N with tert-alkyl or cyclic N) is 1. The van der Waals surface area contributed by atoms with Gasteiger partial charge >= 0.3 is 0 Å². The van der Waals surface area contributed by atoms with Crippen molar-refractivity contribution in [1.29, 1.82) is 0 Å². The molecule has 1 aliphatic rings. The van der Waals surface area contributed by atoms with Crippen LogP contribution in [0.15, 0.2) is 24.3 Å². The molecule has 1 heterocycles. The normalized spacial score (nSPS) is 23.5. The van der Waals surface area contributed by atoms with Crippen LogP contribution in [0.3, 0.4) is 0 Å². The molecule has 1 aromatic rings. The van der Waals surface area contributed by atoms with Gasteiger partial charge < -0.3 is 10.0 Å². The van der Waals surface area contributed by atoms with Crippen LogP contribution in [-0.2, 0) is 4.79 Å². The fourth-order valence-electron chi connectivity index (χ4n) is 3.13. The van der Waals surface area contributed by atoms with Crippen molar-refractivity contribution >= 4 is 5.91 Å². The van der Waals surface area contributed by atoms with Crippen LogP contribution < -0.4 is 0 Å². The second kappa shape index (κ2) is 7.88. The van der Waals surface area contributed by atoms with E-state index in [2.05, 4.69) is 0 Å². The number of halogens is 1. The molecule has 0 aromatic heterocycles. The van der Waals surface area contributed by atoms with Gasteiger partial charge in [0.15, 0.2) is 0 Å². The van der Waals surface area contributed by atoms with Crippen molar-refractivity contribution in [2.75, 3.05) is 26.2 Å². The number of piperidine rings is 1. The topological polar surface area (TPSA) is 43.8 Å². The van der Waals surface area contributed by atoms with Crippen molar-refractivity contribution in [2.45, 2.75) is 39.3 Å². The number of carbonyl (C=O) groups is 1. The van der Waals surface area contributed by atoms with Crippen LogP contribution in [0.5, 0.6) is 0 Å². The molecule has 1 saturated heterocycles. The smallest absolute Gasteiger partial charge is 0.237 e. The summed E-state index contributed by atoms with van der Waals surface area (Å²) in [6.45, 7) is 8.26. The summed E-state index contributed by atoms with van der Waals surface area (Å²) in [6.07, 6.45) is 0.551. The molecule has 1 amide bonds. The molecule has 1 fully saturated rings. The lowest BCUT2D eigenvalue weighted by atomic mass is 9.96. The molecule has 2 rings (SSSR count). The molecule has 0 aliphatic carbocycles. The van der Waals surface area contributed by atoms with E-state index in [-0.39, 0.29) is 23.9 Å². The second-order valence-corrected chi connectivity index (χ2v) is 6.48. The monoisotopic (exact) mass is 322 g/mol. The summed E-state index contributed by atoms with van der Waals surface area (Å²) in [5, 5.41) is 9.97. The van der Waals surface area contributed by atoms with Gasteiger partial charge in [-0.2, -0.15) is 0 Å². The van der Waals surface area contributed by atoms with Crippen molar-refractivity contribution < 1.29 is 14.3 Å². The van der Waals surface area contributed by atoms with E-state index in [1.807, 2.05) is 25.7 Å². The fourth-order valence-corrected chi connectivity index (χ4v) is 3.13. The lowest BCUT2D eigenvalue weighted by Gasteiger charge is -2.36. The Labute approximate surface area is 137 Å². The van der Waals surface area contributed by atoms with Gasteiger partial charge in [-0.15, -0.1) is 0 Å². The lowest BCUT2D eigenvalue weighted by Crippen LogP contribution is -2.48. The van der Waals surface area contributed by atoms with Crippen LogP contribution in [0.25, 0.3) is 0 Å². The van der Waals surface area contributed by atoms with E-state index in [0.29, 0.717) is 25.6 Å². The van der Waals surface area contributed by atoms with E-state index >= 15 is 0 Å². The number of nitrogens with zero attached hydrogens (tertiary/aromatic N) is 2. The molecule has 5 heteroatoms. The summed E-state index contributed by atoms with van der Waals surface area (Å²) in [7, 11) is 0. The predicted molar refractivity (Wildman–Crippen MR) is 88.4 cm³/mol. The Bertz CT molecular complexity index is 520. The van der Waals surface area contributed by atoms with Crippen LogP contribution in [0.2, 0.25) is 0 Å². The number of likely N-dealkylation sites (tertiary alicyclic amines) is 1. The number of hydrogen-bond acceptors (Lipinski definition) is 3. The maximum Gasteiger partial charge on any atom is 0.237 e. The zero-order valence-electron chi connectivity index (χ0n) is 14.2. The Morgan fingerprint density at radius 3 is 2.65 bits per heavy atom. The number of rotatable bonds is 5. The zero-order chi connectivity index (χ0) is 17.0. The van der Waals surface area contributed by atoms with Crippen molar-refractivity contribution in [3.05, 3.63) is 35.6 Å². The Kier molecular flexibility index (Phi) is 6.13. The standard InChI is InChI=1S/C18H27FN2O2/c1-4-21(14(3)15-5-7-16(19)8-6-15)18(23)12-20-10-9-13(2)17(22)11-20/h5-8,13-14,17,22H,4,9-12H2,1-3H3. The molecular weight excluding hydrogens is 295 g/mol. The number of aliphatic hydroxyl groups excluding tert-OH is 1. The van der Waals surface area contributed by atoms with E-state index in [9.17, 15) is 14.3 Å². The SMILES string of the molecule is CCN(C(=O)CN1CCC(C)C(O)C1)C(C)c1ccc(F)cc1. The lowest BCUT2D eigenvalue weighted by molar-refractivity contribution is -0.135. The summed E-state index contributed by atoms with van der Waals surface area (Å²) in [5.41, 5.74) is 0.925. The van der Waals surface area contributed by atoms with Gasteiger partial charge in [0, 0.05) is 13.1 Å². The molecule has 23 heavy (non-hydrogen) atoms. The average molecular weight is 322 g/mol. The number of amides is 1. The average Bonchev–Trinajstić information content (AvgIpc) is 2.52. The Balaban J connectivity index is 1.99. The summed E-state index contributed by atoms with van der Waals surface area (Å²) in [5.74, 6) is 0.0691. The van der Waals surface area contributed by atoms with Crippen molar-refractivity contribution in [3.63, 3.8) is 0 Å². The first kappa shape index (κ1) is 17.9. The zero-order valence-corrected chi connectivity index (χ0v) is 14.2. The molecular formula is C18H27FN2O2. The predicted octanol–water partition coefficient (Wildman–Crippen LogP) is 2.44. The third-order valence-corrected chi connectivity index (χ3v) is 4.84. The minimum Gasteiger partial charge on any atom is -0.392 e. The minimum atomic E-state index is -0.360. The van der Waals surface area contributed by atoms with E-state index in [4.69, 9.17) is 0 Å². The van der Waals surface area contributed by atoms with Gasteiger partial charge in [-0.25, -0.2) is 4.39 Å². The minimum absolute atomic E-state index is 0.0473. The van der Waals surface area contributed by atoms with Crippen molar-refractivity contribution in [2.24, 2.45) is 5.92 Å². The van der Waals surface area contributed by atoms with E-state index in [1.165, 1.54) is 12.1 Å². The molecule has 128 valence electrons. The molecule has 3 atom stereocenters. The van der Waals surface area contributed by atoms with Gasteiger partial charge in [0.2, 0.25) is 5.91 Å². The number of likely N-dealkylation sites (N-methyl/N-ethyl adjacent to an activating group) is 1. The third kappa shape index (κ3) is 4.52. The van der Waals surface area contributed by atoms with Crippen LogP contribution >= 0.6 is 0 Å². The van der Waals surface area contributed by atoms with Gasteiger partial charge in [-0.1, -0.05) is 19.1 Å². The molecule has 0 spiro atoms. The highest BCUT2D eigenvalue weighted by Gasteiger charge is 2.28. The first-order chi connectivity index (χ1) is 10.9. The third-order valence-electron chi connectivity index (χ3n) is 4.84. The van der Waals surface area contributed by atoms with Gasteiger partial charge in [0.1, 0.15) is 5.82 Å². The number of aliphatic hydroxyl groups is 1. The Hall–Kier alpha value is -1.46. The van der Waals surface area contributed by atoms with Crippen LogP contribution in [0.4, 0.5) is 4.39 Å². The number of carbonyl (C=O) groups excluding carboxylic acids is 1. The number of hydrogen-bond donors (Lipinski definition) is 1. The van der Waals surface area contributed by atoms with Crippen molar-refractivity contribution in [3.8, 4) is 0 Å². The highest BCUT2D eigenvalue weighted by molar-refractivity contribution is 5.78. The first-order valence-corrected chi connectivity index (χ1v) is 8.37. The van der Waals surface area contributed by atoms with Crippen LogP contribution in [0.1, 0.15) is 38.8 Å². The van der Waals surface area contributed by atoms with Gasteiger partial charge in [0.05, 0.1) is 18.7 Å². The van der Waals surface area contributed by atoms with E-state index < -0.39 is 0 Å². The van der Waals surface area contributed by atoms with Crippen LogP contribution in [-0.4, -0.2) is 53.1 Å². The van der Waals surface area contributed by atoms with Crippen LogP contribution in [0, 0.1) is 11.7 Å². The quantitative estimate of drug-likeness (QED) is 0.905. The summed E-state index contributed by atoms with van der Waals surface area (Å²) < 4.78 is 13.1. The van der Waals surface area contributed by atoms with Gasteiger partial charge in [0.25, 0.3) is 0 Å². The fraction of sp³-hybridized carbons (Fsp3) is 0.611. The second-order valence-electron chi connectivity index (χ2n) is 6.48. The van der Waals surface area contributed by atoms with Crippen molar-refractivity contribution in [1.82, 2.24) is 9.80 Å². The summed E-state index contributed by atoms with van der Waals surface area (Å²) in [4.78, 5) is 16.5. The highest BCUT2D eigenvalue weighted by atomic mass is 19.1. The van der Waals surface area contributed by atoms with Gasteiger partial charge in [-0.3, -0.25) is 9.69 Å². The molecule has 1 aliphatic heterocycles. The Morgan fingerprint density at radius 1 is 1.43 bits per heavy atom. The van der Waals surface area contributed by atoms with E-state index in [1.54, 1.807) is 17.0 Å². The molecule has 0 saturated carbocycles. The molecule has 0 radical (unpaired) electrons. The molecule has 1 N–H and O–H groups in total. The summed E-state index contributed by atoms with van der Waals surface area (Å²) >= 11 is 0. The summed E-state index contributed by atoms with van der Waals surface area (Å²) in [6, 6.07) is 6.20. The maximum atomic E-state index is 13.1. The maximum absolute atomic E-state index is 13.1. The Morgan fingerprint density at radius 2 is 2.09 bits per heavy atom. The largest absolute Gasteiger partial charge is 0.392 e. The molecule has 4 nitrogen and oxygen atoms in total. The van der Waals surface area contributed by atoms with Gasteiger partial charge in [-0.05, 0) is 50.4 Å². The highest BCUT2D eigenvalue weighted by Crippen LogP contribution is 2.22.